The first kappa shape index (κ1) is 14.6. The van der Waals surface area contributed by atoms with Gasteiger partial charge in [0.05, 0.1) is 6.42 Å². The molecule has 0 fully saturated rings. The molecule has 0 bridgehead atoms. The van der Waals surface area contributed by atoms with Crippen molar-refractivity contribution in [3.05, 3.63) is 35.6 Å². The van der Waals surface area contributed by atoms with Crippen molar-refractivity contribution in [2.45, 2.75) is 39.3 Å². The van der Waals surface area contributed by atoms with Crippen molar-refractivity contribution in [2.24, 2.45) is 0 Å². The third-order valence-electron chi connectivity index (χ3n) is 3.25. The van der Waals surface area contributed by atoms with E-state index in [9.17, 15) is 9.18 Å². The molecule has 4 heteroatoms. The van der Waals surface area contributed by atoms with Crippen molar-refractivity contribution in [1.82, 2.24) is 4.90 Å². The van der Waals surface area contributed by atoms with E-state index >= 15 is 0 Å². The number of hydrogen-bond acceptors (Lipinski definition) is 2. The lowest BCUT2D eigenvalue weighted by Crippen LogP contribution is -2.36. The molecule has 18 heavy (non-hydrogen) atoms. The van der Waals surface area contributed by atoms with E-state index < -0.39 is 5.97 Å². The van der Waals surface area contributed by atoms with Gasteiger partial charge in [-0.15, -0.1) is 0 Å². The monoisotopic (exact) mass is 253 g/mol. The number of halogens is 1. The molecule has 2 atom stereocenters. The molecule has 0 aliphatic rings. The second-order valence-corrected chi connectivity index (χ2v) is 4.50. The third kappa shape index (κ3) is 3.81. The lowest BCUT2D eigenvalue weighted by molar-refractivity contribution is -0.138. The summed E-state index contributed by atoms with van der Waals surface area (Å²) in [7, 11) is 0. The van der Waals surface area contributed by atoms with Crippen LogP contribution in [0.1, 0.15) is 38.8 Å². The molecule has 1 aromatic carbocycles. The van der Waals surface area contributed by atoms with Gasteiger partial charge in [0.25, 0.3) is 0 Å². The lowest BCUT2D eigenvalue weighted by Gasteiger charge is -2.33. The molecule has 0 aliphatic carbocycles. The van der Waals surface area contributed by atoms with E-state index in [1.54, 1.807) is 12.1 Å². The third-order valence-corrected chi connectivity index (χ3v) is 3.25. The number of rotatable bonds is 6. The van der Waals surface area contributed by atoms with Crippen LogP contribution in [0.15, 0.2) is 24.3 Å². The summed E-state index contributed by atoms with van der Waals surface area (Å²) in [6.07, 6.45) is 0.110. The second-order valence-electron chi connectivity index (χ2n) is 4.50. The van der Waals surface area contributed by atoms with Crippen LogP contribution in [-0.2, 0) is 4.79 Å². The minimum atomic E-state index is -0.799. The summed E-state index contributed by atoms with van der Waals surface area (Å²) in [4.78, 5) is 12.9. The summed E-state index contributed by atoms with van der Waals surface area (Å²) in [5.41, 5.74) is 0.996. The Kier molecular flexibility index (Phi) is 5.28. The van der Waals surface area contributed by atoms with E-state index in [4.69, 9.17) is 5.11 Å². The molecule has 1 aromatic rings. The summed E-state index contributed by atoms with van der Waals surface area (Å²) < 4.78 is 12.9. The predicted octanol–water partition coefficient (Wildman–Crippen LogP) is 3.07. The topological polar surface area (TPSA) is 40.5 Å². The van der Waals surface area contributed by atoms with Crippen LogP contribution in [0, 0.1) is 5.82 Å². The average molecular weight is 253 g/mol. The standard InChI is InChI=1S/C14H20FNO2/c1-4-16(10(2)9-14(17)18)11(3)12-5-7-13(15)8-6-12/h5-8,10-11H,4,9H2,1-3H3,(H,17,18). The van der Waals surface area contributed by atoms with Gasteiger partial charge in [-0.05, 0) is 38.1 Å². The molecule has 0 aromatic heterocycles. The first-order valence-corrected chi connectivity index (χ1v) is 6.18. The van der Waals surface area contributed by atoms with Crippen LogP contribution in [-0.4, -0.2) is 28.6 Å². The minimum Gasteiger partial charge on any atom is -0.481 e. The van der Waals surface area contributed by atoms with Crippen LogP contribution >= 0.6 is 0 Å². The number of nitrogens with zero attached hydrogens (tertiary/aromatic N) is 1. The fourth-order valence-electron chi connectivity index (χ4n) is 2.27. The molecule has 0 spiro atoms. The van der Waals surface area contributed by atoms with Crippen LogP contribution in [0.2, 0.25) is 0 Å². The fraction of sp³-hybridized carbons (Fsp3) is 0.500. The SMILES string of the molecule is CCN(C(C)CC(=O)O)C(C)c1ccc(F)cc1. The Bertz CT molecular complexity index is 391. The zero-order valence-electron chi connectivity index (χ0n) is 11.1. The van der Waals surface area contributed by atoms with Crippen molar-refractivity contribution in [3.63, 3.8) is 0 Å². The Hall–Kier alpha value is -1.42. The molecule has 0 heterocycles. The summed E-state index contributed by atoms with van der Waals surface area (Å²) in [6.45, 7) is 6.66. The van der Waals surface area contributed by atoms with Crippen LogP contribution in [0.4, 0.5) is 4.39 Å². The van der Waals surface area contributed by atoms with Crippen molar-refractivity contribution in [2.75, 3.05) is 6.54 Å². The zero-order valence-corrected chi connectivity index (χ0v) is 11.1. The van der Waals surface area contributed by atoms with E-state index in [1.807, 2.05) is 20.8 Å². The normalized spacial score (nSPS) is 14.5. The van der Waals surface area contributed by atoms with E-state index in [0.717, 1.165) is 12.1 Å². The molecule has 0 aliphatic heterocycles. The first-order chi connectivity index (χ1) is 8.45. The Morgan fingerprint density at radius 1 is 1.33 bits per heavy atom. The molecule has 3 nitrogen and oxygen atoms in total. The van der Waals surface area contributed by atoms with Gasteiger partial charge in [-0.25, -0.2) is 4.39 Å². The first-order valence-electron chi connectivity index (χ1n) is 6.18. The Labute approximate surface area is 107 Å². The molecule has 0 radical (unpaired) electrons. The van der Waals surface area contributed by atoms with E-state index in [0.29, 0.717) is 0 Å². The molecular weight excluding hydrogens is 233 g/mol. The van der Waals surface area contributed by atoms with E-state index in [-0.39, 0.29) is 24.3 Å². The quantitative estimate of drug-likeness (QED) is 0.847. The molecule has 0 saturated carbocycles. The molecule has 1 rings (SSSR count). The van der Waals surface area contributed by atoms with Crippen molar-refractivity contribution in [1.29, 1.82) is 0 Å². The van der Waals surface area contributed by atoms with E-state index in [2.05, 4.69) is 4.90 Å². The zero-order chi connectivity index (χ0) is 13.7. The van der Waals surface area contributed by atoms with Gasteiger partial charge >= 0.3 is 5.97 Å². The Balaban J connectivity index is 2.81. The largest absolute Gasteiger partial charge is 0.481 e. The number of benzene rings is 1. The van der Waals surface area contributed by atoms with Crippen molar-refractivity contribution >= 4 is 5.97 Å². The lowest BCUT2D eigenvalue weighted by atomic mass is 10.0. The number of carboxylic acids is 1. The summed E-state index contributed by atoms with van der Waals surface area (Å²) >= 11 is 0. The number of aliphatic carboxylic acids is 1. The van der Waals surface area contributed by atoms with Crippen molar-refractivity contribution < 1.29 is 14.3 Å². The van der Waals surface area contributed by atoms with Gasteiger partial charge in [0.2, 0.25) is 0 Å². The van der Waals surface area contributed by atoms with Crippen molar-refractivity contribution in [3.8, 4) is 0 Å². The van der Waals surface area contributed by atoms with Gasteiger partial charge in [0, 0.05) is 12.1 Å². The number of carbonyl (C=O) groups is 1. The van der Waals surface area contributed by atoms with Gasteiger partial charge < -0.3 is 5.11 Å². The Morgan fingerprint density at radius 3 is 2.33 bits per heavy atom. The maximum Gasteiger partial charge on any atom is 0.304 e. The molecule has 1 N–H and O–H groups in total. The highest BCUT2D eigenvalue weighted by atomic mass is 19.1. The van der Waals surface area contributed by atoms with Gasteiger partial charge in [-0.2, -0.15) is 0 Å². The summed E-state index contributed by atoms with van der Waals surface area (Å²) in [6, 6.07) is 6.38. The second kappa shape index (κ2) is 6.50. The number of hydrogen-bond donors (Lipinski definition) is 1. The molecule has 0 saturated heterocycles. The molecule has 0 amide bonds. The number of carboxylic acid groups (broad SMARTS) is 1. The fourth-order valence-corrected chi connectivity index (χ4v) is 2.27. The minimum absolute atomic E-state index is 0.0486. The summed E-state index contributed by atoms with van der Waals surface area (Å²) in [5, 5.41) is 8.84. The molecule has 2 unspecified atom stereocenters. The van der Waals surface area contributed by atoms with Gasteiger partial charge in [-0.1, -0.05) is 19.1 Å². The van der Waals surface area contributed by atoms with E-state index in [1.165, 1.54) is 12.1 Å². The average Bonchev–Trinajstić information content (AvgIpc) is 2.29. The van der Waals surface area contributed by atoms with Crippen LogP contribution in [0.5, 0.6) is 0 Å². The van der Waals surface area contributed by atoms with Gasteiger partial charge in [0.15, 0.2) is 0 Å². The Morgan fingerprint density at radius 2 is 1.89 bits per heavy atom. The smallest absolute Gasteiger partial charge is 0.304 e. The van der Waals surface area contributed by atoms with Crippen LogP contribution < -0.4 is 0 Å². The van der Waals surface area contributed by atoms with Crippen LogP contribution in [0.3, 0.4) is 0 Å². The maximum atomic E-state index is 12.9. The maximum absolute atomic E-state index is 12.9. The van der Waals surface area contributed by atoms with Gasteiger partial charge in [-0.3, -0.25) is 9.69 Å². The summed E-state index contributed by atoms with van der Waals surface area (Å²) in [5.74, 6) is -1.06. The van der Waals surface area contributed by atoms with Crippen LogP contribution in [0.25, 0.3) is 0 Å². The molecular formula is C14H20FNO2. The highest BCUT2D eigenvalue weighted by molar-refractivity contribution is 5.67. The van der Waals surface area contributed by atoms with Gasteiger partial charge in [0.1, 0.15) is 5.82 Å². The highest BCUT2D eigenvalue weighted by Crippen LogP contribution is 2.23. The predicted molar refractivity (Wildman–Crippen MR) is 68.9 cm³/mol. The highest BCUT2D eigenvalue weighted by Gasteiger charge is 2.21. The molecule has 100 valence electrons.